The molecule has 0 atom stereocenters. The third kappa shape index (κ3) is 4.41. The molecule has 1 aromatic rings. The van der Waals surface area contributed by atoms with Crippen LogP contribution in [0.5, 0.6) is 0 Å². The van der Waals surface area contributed by atoms with Crippen LogP contribution in [0.2, 0.25) is 0 Å². The first-order valence-corrected chi connectivity index (χ1v) is 7.35. The van der Waals surface area contributed by atoms with Crippen LogP contribution in [0.4, 0.5) is 4.39 Å². The van der Waals surface area contributed by atoms with Crippen LogP contribution in [-0.4, -0.2) is 44.2 Å². The molecule has 1 saturated heterocycles. The summed E-state index contributed by atoms with van der Waals surface area (Å²) < 4.78 is 18.2. The summed E-state index contributed by atoms with van der Waals surface area (Å²) >= 11 is 0. The van der Waals surface area contributed by atoms with Crippen LogP contribution >= 0.6 is 12.4 Å². The van der Waals surface area contributed by atoms with Gasteiger partial charge in [-0.3, -0.25) is 4.79 Å². The number of nitrogens with zero attached hydrogens (tertiary/aromatic N) is 1. The first-order chi connectivity index (χ1) is 10.1. The maximum atomic E-state index is 12.9. The van der Waals surface area contributed by atoms with Crippen molar-refractivity contribution in [2.24, 2.45) is 11.1 Å². The first-order valence-electron chi connectivity index (χ1n) is 7.35. The number of benzene rings is 1. The minimum absolute atomic E-state index is 0. The van der Waals surface area contributed by atoms with E-state index in [0.29, 0.717) is 45.6 Å². The normalized spacial score (nSPS) is 16.7. The fourth-order valence-corrected chi connectivity index (χ4v) is 2.72. The lowest BCUT2D eigenvalue weighted by Crippen LogP contribution is -2.50. The van der Waals surface area contributed by atoms with Crippen LogP contribution in [0.25, 0.3) is 0 Å². The molecule has 2 rings (SSSR count). The van der Waals surface area contributed by atoms with E-state index in [2.05, 4.69) is 0 Å². The second-order valence-electron chi connectivity index (χ2n) is 5.70. The molecule has 0 aromatic heterocycles. The van der Waals surface area contributed by atoms with Crippen molar-refractivity contribution in [3.05, 3.63) is 35.6 Å². The van der Waals surface area contributed by atoms with Crippen molar-refractivity contribution in [3.8, 4) is 0 Å². The first kappa shape index (κ1) is 18.9. The summed E-state index contributed by atoms with van der Waals surface area (Å²) in [5.74, 6) is -0.150. The molecule has 6 heteroatoms. The maximum Gasteiger partial charge on any atom is 0.229 e. The van der Waals surface area contributed by atoms with Gasteiger partial charge < -0.3 is 15.4 Å². The molecule has 0 aliphatic carbocycles. The predicted molar refractivity (Wildman–Crippen MR) is 86.5 cm³/mol. The molecule has 1 aromatic carbocycles. The SMILES string of the molecule is CN(CCc1ccc(F)cc1)C(=O)C1(CN)CCOCC1.Cl. The quantitative estimate of drug-likeness (QED) is 0.898. The zero-order valence-corrected chi connectivity index (χ0v) is 13.7. The number of rotatable bonds is 5. The van der Waals surface area contributed by atoms with Gasteiger partial charge in [-0.2, -0.15) is 0 Å². The summed E-state index contributed by atoms with van der Waals surface area (Å²) in [6.45, 7) is 2.15. The molecule has 124 valence electrons. The molecule has 0 bridgehead atoms. The van der Waals surface area contributed by atoms with Crippen molar-refractivity contribution in [1.29, 1.82) is 0 Å². The number of carbonyl (C=O) groups excluding carboxylic acids is 1. The van der Waals surface area contributed by atoms with Gasteiger partial charge >= 0.3 is 0 Å². The van der Waals surface area contributed by atoms with Gasteiger partial charge in [0, 0.05) is 33.4 Å². The Morgan fingerprint density at radius 2 is 1.91 bits per heavy atom. The Balaban J connectivity index is 0.00000242. The number of nitrogens with two attached hydrogens (primary N) is 1. The number of halogens is 2. The van der Waals surface area contributed by atoms with Crippen molar-refractivity contribution in [2.75, 3.05) is 33.4 Å². The van der Waals surface area contributed by atoms with Crippen LogP contribution in [0, 0.1) is 11.2 Å². The largest absolute Gasteiger partial charge is 0.381 e. The highest BCUT2D eigenvalue weighted by Crippen LogP contribution is 2.31. The Labute approximate surface area is 137 Å². The average molecular weight is 331 g/mol. The van der Waals surface area contributed by atoms with Crippen LogP contribution in [0.1, 0.15) is 18.4 Å². The van der Waals surface area contributed by atoms with E-state index < -0.39 is 5.41 Å². The van der Waals surface area contributed by atoms with Crippen molar-refractivity contribution in [3.63, 3.8) is 0 Å². The second kappa shape index (κ2) is 8.46. The minimum Gasteiger partial charge on any atom is -0.381 e. The molecule has 1 heterocycles. The smallest absolute Gasteiger partial charge is 0.229 e. The lowest BCUT2D eigenvalue weighted by molar-refractivity contribution is -0.145. The van der Waals surface area contributed by atoms with Gasteiger partial charge in [-0.1, -0.05) is 12.1 Å². The lowest BCUT2D eigenvalue weighted by Gasteiger charge is -2.37. The van der Waals surface area contributed by atoms with Gasteiger partial charge in [0.25, 0.3) is 0 Å². The number of likely N-dealkylation sites (N-methyl/N-ethyl adjacent to an activating group) is 1. The second-order valence-corrected chi connectivity index (χ2v) is 5.70. The molecule has 0 spiro atoms. The number of ether oxygens (including phenoxy) is 1. The van der Waals surface area contributed by atoms with Crippen LogP contribution < -0.4 is 5.73 Å². The fraction of sp³-hybridized carbons (Fsp3) is 0.562. The van der Waals surface area contributed by atoms with E-state index in [1.807, 2.05) is 0 Å². The van der Waals surface area contributed by atoms with E-state index in [0.717, 1.165) is 5.56 Å². The number of amides is 1. The van der Waals surface area contributed by atoms with E-state index in [-0.39, 0.29) is 24.1 Å². The Morgan fingerprint density at radius 3 is 2.45 bits per heavy atom. The maximum absolute atomic E-state index is 12.9. The monoisotopic (exact) mass is 330 g/mol. The highest BCUT2D eigenvalue weighted by molar-refractivity contribution is 5.85. The third-order valence-electron chi connectivity index (χ3n) is 4.29. The van der Waals surface area contributed by atoms with E-state index in [1.54, 1.807) is 24.1 Å². The molecule has 1 fully saturated rings. The summed E-state index contributed by atoms with van der Waals surface area (Å²) in [6.07, 6.45) is 2.08. The molecule has 4 nitrogen and oxygen atoms in total. The number of hydrogen-bond donors (Lipinski definition) is 1. The van der Waals surface area contributed by atoms with Gasteiger partial charge in [0.1, 0.15) is 5.82 Å². The van der Waals surface area contributed by atoms with Crippen molar-refractivity contribution in [1.82, 2.24) is 4.90 Å². The molecular formula is C16H24ClFN2O2. The van der Waals surface area contributed by atoms with Crippen LogP contribution in [-0.2, 0) is 16.0 Å². The zero-order chi connectivity index (χ0) is 15.3. The van der Waals surface area contributed by atoms with E-state index in [1.165, 1.54) is 12.1 Å². The van der Waals surface area contributed by atoms with E-state index in [4.69, 9.17) is 10.5 Å². The third-order valence-corrected chi connectivity index (χ3v) is 4.29. The number of carbonyl (C=O) groups is 1. The molecule has 2 N–H and O–H groups in total. The molecule has 0 radical (unpaired) electrons. The highest BCUT2D eigenvalue weighted by Gasteiger charge is 2.40. The zero-order valence-electron chi connectivity index (χ0n) is 12.9. The van der Waals surface area contributed by atoms with Gasteiger partial charge in [-0.15, -0.1) is 12.4 Å². The van der Waals surface area contributed by atoms with Gasteiger partial charge in [-0.25, -0.2) is 4.39 Å². The highest BCUT2D eigenvalue weighted by atomic mass is 35.5. The van der Waals surface area contributed by atoms with Gasteiger partial charge in [0.2, 0.25) is 5.91 Å². The van der Waals surface area contributed by atoms with Crippen molar-refractivity contribution in [2.45, 2.75) is 19.3 Å². The Kier molecular flexibility index (Phi) is 7.26. The topological polar surface area (TPSA) is 55.6 Å². The summed E-state index contributed by atoms with van der Waals surface area (Å²) in [5, 5.41) is 0. The van der Waals surface area contributed by atoms with Crippen molar-refractivity contribution >= 4 is 18.3 Å². The minimum atomic E-state index is -0.476. The van der Waals surface area contributed by atoms with Crippen LogP contribution in [0.15, 0.2) is 24.3 Å². The molecule has 0 saturated carbocycles. The van der Waals surface area contributed by atoms with Crippen molar-refractivity contribution < 1.29 is 13.9 Å². The fourth-order valence-electron chi connectivity index (χ4n) is 2.72. The standard InChI is InChI=1S/C16H23FN2O2.ClH/c1-19(9-6-13-2-4-14(17)5-3-13)15(20)16(12-18)7-10-21-11-8-16;/h2-5H,6-12,18H2,1H3;1H. The molecule has 1 amide bonds. The Hall–Kier alpha value is -1.17. The summed E-state index contributed by atoms with van der Waals surface area (Å²) in [4.78, 5) is 14.4. The van der Waals surface area contributed by atoms with Gasteiger partial charge in [0.05, 0.1) is 5.41 Å². The predicted octanol–water partition coefficient (Wildman–Crippen LogP) is 2.00. The molecular weight excluding hydrogens is 307 g/mol. The van der Waals surface area contributed by atoms with E-state index >= 15 is 0 Å². The summed E-state index contributed by atoms with van der Waals surface area (Å²) in [5.41, 5.74) is 6.40. The van der Waals surface area contributed by atoms with Gasteiger partial charge in [-0.05, 0) is 37.0 Å². The molecule has 0 unspecified atom stereocenters. The average Bonchev–Trinajstić information content (AvgIpc) is 2.54. The van der Waals surface area contributed by atoms with E-state index in [9.17, 15) is 9.18 Å². The van der Waals surface area contributed by atoms with Crippen LogP contribution in [0.3, 0.4) is 0 Å². The number of hydrogen-bond acceptors (Lipinski definition) is 3. The lowest BCUT2D eigenvalue weighted by atomic mass is 9.79. The van der Waals surface area contributed by atoms with Gasteiger partial charge in [0.15, 0.2) is 0 Å². The summed E-state index contributed by atoms with van der Waals surface area (Å²) in [6, 6.07) is 6.38. The molecule has 22 heavy (non-hydrogen) atoms. The Morgan fingerprint density at radius 1 is 1.32 bits per heavy atom. The summed E-state index contributed by atoms with van der Waals surface area (Å²) in [7, 11) is 1.80. The molecule has 1 aliphatic heterocycles. The Bertz CT molecular complexity index is 476. The molecule has 1 aliphatic rings.